The Morgan fingerprint density at radius 1 is 0.892 bits per heavy atom. The van der Waals surface area contributed by atoms with Crippen LogP contribution in [-0.4, -0.2) is 31.1 Å². The second kappa shape index (κ2) is 14.5. The van der Waals surface area contributed by atoms with Crippen molar-refractivity contribution >= 4 is 31.0 Å². The molecular formula is C29H30NO5PS. The van der Waals surface area contributed by atoms with E-state index < -0.39 is 13.6 Å². The second-order valence-electron chi connectivity index (χ2n) is 7.92. The molecule has 0 atom stereocenters. The predicted octanol–water partition coefficient (Wildman–Crippen LogP) is 7.70. The average Bonchev–Trinajstić information content (AvgIpc) is 2.92. The third-order valence-corrected chi connectivity index (χ3v) is 8.04. The summed E-state index contributed by atoms with van der Waals surface area (Å²) < 4.78 is 24.2. The Balaban J connectivity index is 1.83. The fourth-order valence-corrected chi connectivity index (χ4v) is 5.59. The third-order valence-electron chi connectivity index (χ3n) is 5.17. The molecule has 3 aromatic rings. The van der Waals surface area contributed by atoms with Crippen LogP contribution in [0.3, 0.4) is 0 Å². The normalized spacial score (nSPS) is 11.6. The summed E-state index contributed by atoms with van der Waals surface area (Å²) in [5.74, 6) is -0.569. The fraction of sp³-hybridized carbons (Fsp3) is 0.172. The van der Waals surface area contributed by atoms with Crippen LogP contribution in [0, 0.1) is 6.92 Å². The molecule has 37 heavy (non-hydrogen) atoms. The van der Waals surface area contributed by atoms with Gasteiger partial charge >= 0.3 is 13.6 Å². The molecule has 0 heterocycles. The van der Waals surface area contributed by atoms with Gasteiger partial charge in [-0.25, -0.2) is 4.79 Å². The van der Waals surface area contributed by atoms with E-state index in [2.05, 4.69) is 18.3 Å². The first kappa shape index (κ1) is 28.4. The van der Waals surface area contributed by atoms with E-state index in [4.69, 9.17) is 13.9 Å². The van der Waals surface area contributed by atoms with E-state index in [-0.39, 0.29) is 25.8 Å². The van der Waals surface area contributed by atoms with Crippen molar-refractivity contribution in [1.82, 2.24) is 0 Å². The molecule has 0 radical (unpaired) electrons. The molecule has 0 unspecified atom stereocenters. The molecule has 0 aliphatic heterocycles. The van der Waals surface area contributed by atoms with Crippen molar-refractivity contribution in [3.8, 4) is 0 Å². The van der Waals surface area contributed by atoms with Crippen molar-refractivity contribution in [2.75, 3.05) is 19.4 Å². The van der Waals surface area contributed by atoms with E-state index in [1.54, 1.807) is 23.9 Å². The number of oxime groups is 1. The Labute approximate surface area is 222 Å². The van der Waals surface area contributed by atoms with Gasteiger partial charge in [-0.2, -0.15) is 0 Å². The number of rotatable bonds is 14. The topological polar surface area (TPSA) is 74.2 Å². The zero-order valence-electron chi connectivity index (χ0n) is 20.7. The molecule has 3 aromatic carbocycles. The zero-order chi connectivity index (χ0) is 26.5. The monoisotopic (exact) mass is 535 g/mol. The summed E-state index contributed by atoms with van der Waals surface area (Å²) in [6, 6.07) is 24.9. The molecule has 0 amide bonds. The number of hydrogen-bond donors (Lipinski definition) is 0. The minimum atomic E-state index is -3.46. The summed E-state index contributed by atoms with van der Waals surface area (Å²) in [6.45, 7) is 9.19. The van der Waals surface area contributed by atoms with Gasteiger partial charge in [-0.1, -0.05) is 77.6 Å². The van der Waals surface area contributed by atoms with E-state index in [0.717, 1.165) is 20.9 Å². The molecule has 0 aliphatic rings. The van der Waals surface area contributed by atoms with Gasteiger partial charge in [0, 0.05) is 16.2 Å². The highest BCUT2D eigenvalue weighted by atomic mass is 32.2. The predicted molar refractivity (Wildman–Crippen MR) is 150 cm³/mol. The van der Waals surface area contributed by atoms with Gasteiger partial charge in [0.15, 0.2) is 0 Å². The molecular weight excluding hydrogens is 505 g/mol. The second-order valence-corrected chi connectivity index (χ2v) is 11.3. The molecule has 0 saturated carbocycles. The standard InChI is InChI=1S/C29H30NO5PS/c1-4-20-33-36(32,34-21-5-2)22-19-28(30-35-29(31)27-14-10-9-11-23(27)3)24-15-17-26(18-16-24)37-25-12-7-6-8-13-25/h4-18H,1-2,19-22H2,3H3/b30-28+. The number of carbonyl (C=O) groups excluding carboxylic acids is 1. The third kappa shape index (κ3) is 8.99. The number of carbonyl (C=O) groups is 1. The Kier molecular flexibility index (Phi) is 11.1. The number of hydrogen-bond acceptors (Lipinski definition) is 7. The van der Waals surface area contributed by atoms with Crippen LogP contribution in [-0.2, 0) is 18.5 Å². The molecule has 192 valence electrons. The summed E-state index contributed by atoms with van der Waals surface area (Å²) in [7, 11) is -3.46. The van der Waals surface area contributed by atoms with Crippen LogP contribution < -0.4 is 0 Å². The number of nitrogens with zero attached hydrogens (tertiary/aromatic N) is 1. The Hall–Kier alpha value is -3.22. The van der Waals surface area contributed by atoms with Crippen LogP contribution in [0.2, 0.25) is 0 Å². The minimum absolute atomic E-state index is 0.0376. The summed E-state index contributed by atoms with van der Waals surface area (Å²) in [6.07, 6.45) is 3.24. The Bertz CT molecular complexity index is 1260. The van der Waals surface area contributed by atoms with Crippen LogP contribution in [0.5, 0.6) is 0 Å². The maximum atomic E-state index is 13.2. The van der Waals surface area contributed by atoms with Crippen molar-refractivity contribution in [3.05, 3.63) is 121 Å². The molecule has 0 N–H and O–H groups in total. The SMILES string of the molecule is C=CCOP(=O)(CC/C(=N\OC(=O)c1ccccc1C)c1ccc(Sc2ccccc2)cc1)OCC=C. The van der Waals surface area contributed by atoms with E-state index in [1.165, 1.54) is 12.2 Å². The van der Waals surface area contributed by atoms with Gasteiger partial charge in [-0.15, -0.1) is 13.2 Å². The number of benzene rings is 3. The van der Waals surface area contributed by atoms with Crippen molar-refractivity contribution in [1.29, 1.82) is 0 Å². The summed E-state index contributed by atoms with van der Waals surface area (Å²) >= 11 is 1.63. The average molecular weight is 536 g/mol. The van der Waals surface area contributed by atoms with Crippen molar-refractivity contribution in [3.63, 3.8) is 0 Å². The highest BCUT2D eigenvalue weighted by Crippen LogP contribution is 2.49. The molecule has 0 aliphatic carbocycles. The molecule has 0 fully saturated rings. The first-order valence-corrected chi connectivity index (χ1v) is 14.3. The lowest BCUT2D eigenvalue weighted by Crippen LogP contribution is -2.11. The van der Waals surface area contributed by atoms with Crippen LogP contribution >= 0.6 is 19.4 Å². The van der Waals surface area contributed by atoms with E-state index in [0.29, 0.717) is 11.3 Å². The van der Waals surface area contributed by atoms with Gasteiger partial charge in [0.25, 0.3) is 0 Å². The minimum Gasteiger partial charge on any atom is -0.313 e. The molecule has 0 bridgehead atoms. The summed E-state index contributed by atoms with van der Waals surface area (Å²) in [5, 5.41) is 4.18. The zero-order valence-corrected chi connectivity index (χ0v) is 22.5. The first-order chi connectivity index (χ1) is 17.9. The smallest absolute Gasteiger partial charge is 0.313 e. The highest BCUT2D eigenvalue weighted by Gasteiger charge is 2.25. The van der Waals surface area contributed by atoms with Gasteiger partial charge in [-0.3, -0.25) is 4.57 Å². The van der Waals surface area contributed by atoms with Gasteiger partial charge in [0.05, 0.1) is 30.7 Å². The Morgan fingerprint density at radius 3 is 2.11 bits per heavy atom. The van der Waals surface area contributed by atoms with E-state index in [1.807, 2.05) is 73.7 Å². The van der Waals surface area contributed by atoms with Gasteiger partial charge in [0.2, 0.25) is 0 Å². The van der Waals surface area contributed by atoms with Crippen LogP contribution in [0.15, 0.2) is 119 Å². The summed E-state index contributed by atoms with van der Waals surface area (Å²) in [5.41, 5.74) is 2.39. The maximum absolute atomic E-state index is 13.2. The molecule has 8 heteroatoms. The van der Waals surface area contributed by atoms with Crippen molar-refractivity contribution in [2.45, 2.75) is 23.1 Å². The van der Waals surface area contributed by atoms with Crippen LogP contribution in [0.1, 0.15) is 27.9 Å². The molecule has 6 nitrogen and oxygen atoms in total. The van der Waals surface area contributed by atoms with Gasteiger partial charge in [0.1, 0.15) is 0 Å². The first-order valence-electron chi connectivity index (χ1n) is 11.7. The lowest BCUT2D eigenvalue weighted by atomic mass is 10.1. The largest absolute Gasteiger partial charge is 0.366 e. The lowest BCUT2D eigenvalue weighted by molar-refractivity contribution is 0.0515. The van der Waals surface area contributed by atoms with Gasteiger partial charge in [-0.05, 0) is 48.4 Å². The Morgan fingerprint density at radius 2 is 1.49 bits per heavy atom. The van der Waals surface area contributed by atoms with Crippen LogP contribution in [0.25, 0.3) is 0 Å². The van der Waals surface area contributed by atoms with Crippen molar-refractivity contribution < 1.29 is 23.2 Å². The molecule has 3 rings (SSSR count). The molecule has 0 spiro atoms. The van der Waals surface area contributed by atoms with E-state index in [9.17, 15) is 9.36 Å². The van der Waals surface area contributed by atoms with E-state index >= 15 is 0 Å². The van der Waals surface area contributed by atoms with Crippen LogP contribution in [0.4, 0.5) is 0 Å². The lowest BCUT2D eigenvalue weighted by Gasteiger charge is -2.17. The molecule has 0 aromatic heterocycles. The quantitative estimate of drug-likeness (QED) is 0.0692. The number of aryl methyl sites for hydroxylation is 1. The maximum Gasteiger partial charge on any atom is 0.366 e. The van der Waals surface area contributed by atoms with Crippen molar-refractivity contribution in [2.24, 2.45) is 5.16 Å². The highest BCUT2D eigenvalue weighted by molar-refractivity contribution is 7.99. The fourth-order valence-electron chi connectivity index (χ4n) is 3.27. The molecule has 0 saturated heterocycles. The van der Waals surface area contributed by atoms with Gasteiger partial charge < -0.3 is 13.9 Å². The summed E-state index contributed by atoms with van der Waals surface area (Å²) in [4.78, 5) is 20.2.